The standard InChI is InChI=1S/C45H68N6S2/c1-46(30-14-34-49(3,4)5)42-24-18-40(19-25-42)22-28-44-16-10-12-32-48(44)33-38-52-53-39-37-51(9)36-13-11-17-45(51)29-23-41-20-26-43(27-21-41)47(2)31-15-35-50(6,7)8/h10-13,16-29,32H,14-15,30-31,33-39H2,1-9H3/q+4. The van der Waals surface area contributed by atoms with Crippen molar-refractivity contribution < 1.29 is 18.0 Å². The average Bonchev–Trinajstić information content (AvgIpc) is 3.11. The molecule has 1 aromatic heterocycles. The molecule has 0 radical (unpaired) electrons. The molecular formula is C45H68N6S2+4. The van der Waals surface area contributed by atoms with E-state index in [0.29, 0.717) is 0 Å². The largest absolute Gasteiger partial charge is 0.374 e. The third-order valence-electron chi connectivity index (χ3n) is 9.88. The van der Waals surface area contributed by atoms with Crippen molar-refractivity contribution in [2.45, 2.75) is 19.4 Å². The maximum Gasteiger partial charge on any atom is 0.205 e. The number of nitrogens with zero attached hydrogens (tertiary/aromatic N) is 6. The van der Waals surface area contributed by atoms with Gasteiger partial charge in [-0.05, 0) is 71.8 Å². The molecule has 4 rings (SSSR count). The fraction of sp³-hybridized carbons (Fsp3) is 0.444. The molecule has 0 saturated carbocycles. The number of likely N-dealkylation sites (N-methyl/N-ethyl adjacent to an activating group) is 1. The number of pyridine rings is 1. The summed E-state index contributed by atoms with van der Waals surface area (Å²) < 4.78 is 5.32. The van der Waals surface area contributed by atoms with E-state index in [-0.39, 0.29) is 0 Å². The second-order valence-corrected chi connectivity index (χ2v) is 19.4. The third kappa shape index (κ3) is 15.2. The van der Waals surface area contributed by atoms with Gasteiger partial charge in [0.15, 0.2) is 12.7 Å². The van der Waals surface area contributed by atoms with Gasteiger partial charge in [0.25, 0.3) is 0 Å². The number of allylic oxidation sites excluding steroid dienone is 3. The number of quaternary nitrogens is 3. The van der Waals surface area contributed by atoms with Crippen LogP contribution in [-0.2, 0) is 6.54 Å². The zero-order chi connectivity index (χ0) is 38.3. The van der Waals surface area contributed by atoms with Crippen LogP contribution in [0, 0.1) is 0 Å². The molecule has 53 heavy (non-hydrogen) atoms. The zero-order valence-electron chi connectivity index (χ0n) is 34.2. The predicted molar refractivity (Wildman–Crippen MR) is 237 cm³/mol. The van der Waals surface area contributed by atoms with Crippen molar-refractivity contribution in [1.82, 2.24) is 0 Å². The maximum atomic E-state index is 2.37. The highest BCUT2D eigenvalue weighted by Crippen LogP contribution is 2.27. The maximum absolute atomic E-state index is 2.37. The second-order valence-electron chi connectivity index (χ2n) is 16.7. The van der Waals surface area contributed by atoms with Crippen LogP contribution in [0.1, 0.15) is 29.7 Å². The van der Waals surface area contributed by atoms with Crippen LogP contribution in [0.4, 0.5) is 11.4 Å². The Morgan fingerprint density at radius 3 is 1.81 bits per heavy atom. The number of benzene rings is 2. The predicted octanol–water partition coefficient (Wildman–Crippen LogP) is 8.20. The van der Waals surface area contributed by atoms with Crippen molar-refractivity contribution >= 4 is 51.2 Å². The van der Waals surface area contributed by atoms with Crippen LogP contribution in [0.15, 0.2) is 103 Å². The van der Waals surface area contributed by atoms with Crippen LogP contribution in [0.3, 0.4) is 0 Å². The van der Waals surface area contributed by atoms with Gasteiger partial charge in [0, 0.05) is 69.6 Å². The van der Waals surface area contributed by atoms with Crippen molar-refractivity contribution in [3.63, 3.8) is 0 Å². The fourth-order valence-corrected chi connectivity index (χ4v) is 8.54. The highest BCUT2D eigenvalue weighted by atomic mass is 33.1. The first-order chi connectivity index (χ1) is 25.2. The molecule has 0 N–H and O–H groups in total. The van der Waals surface area contributed by atoms with Crippen molar-refractivity contribution in [2.24, 2.45) is 0 Å². The lowest BCUT2D eigenvalue weighted by molar-refractivity contribution is -0.870. The van der Waals surface area contributed by atoms with Crippen molar-refractivity contribution in [3.05, 3.63) is 120 Å². The number of hydrogen-bond acceptors (Lipinski definition) is 4. The first kappa shape index (κ1) is 42.5. The molecule has 0 saturated heterocycles. The number of hydrogen-bond donors (Lipinski definition) is 0. The average molecular weight is 757 g/mol. The minimum Gasteiger partial charge on any atom is -0.374 e. The quantitative estimate of drug-likeness (QED) is 0.0470. The molecule has 0 spiro atoms. The summed E-state index contributed by atoms with van der Waals surface area (Å²) in [5, 5.41) is 0. The van der Waals surface area contributed by atoms with Gasteiger partial charge in [-0.25, -0.2) is 0 Å². The second kappa shape index (κ2) is 20.4. The molecule has 0 amide bonds. The molecule has 1 aliphatic heterocycles. The van der Waals surface area contributed by atoms with Gasteiger partial charge in [0.2, 0.25) is 5.69 Å². The van der Waals surface area contributed by atoms with Gasteiger partial charge in [0.1, 0.15) is 12.2 Å². The summed E-state index contributed by atoms with van der Waals surface area (Å²) in [7, 11) is 24.3. The van der Waals surface area contributed by atoms with E-state index in [4.69, 9.17) is 0 Å². The van der Waals surface area contributed by atoms with Crippen LogP contribution < -0.4 is 14.4 Å². The minimum absolute atomic E-state index is 0.934. The summed E-state index contributed by atoms with van der Waals surface area (Å²) >= 11 is 0. The molecule has 1 atom stereocenters. The number of rotatable bonds is 21. The van der Waals surface area contributed by atoms with E-state index >= 15 is 0 Å². The molecule has 8 heteroatoms. The number of aromatic nitrogens is 1. The molecule has 0 fully saturated rings. The summed E-state index contributed by atoms with van der Waals surface area (Å²) in [6, 6.07) is 24.4. The van der Waals surface area contributed by atoms with E-state index in [0.717, 1.165) is 57.7 Å². The molecule has 2 heterocycles. The minimum atomic E-state index is 0.934. The highest BCUT2D eigenvalue weighted by Gasteiger charge is 2.26. The van der Waals surface area contributed by atoms with Crippen molar-refractivity contribution in [1.29, 1.82) is 0 Å². The smallest absolute Gasteiger partial charge is 0.205 e. The van der Waals surface area contributed by atoms with E-state index in [9.17, 15) is 0 Å². The molecule has 0 bridgehead atoms. The molecule has 286 valence electrons. The van der Waals surface area contributed by atoms with Gasteiger partial charge >= 0.3 is 0 Å². The van der Waals surface area contributed by atoms with E-state index < -0.39 is 0 Å². The van der Waals surface area contributed by atoms with Crippen LogP contribution >= 0.6 is 21.6 Å². The Kier molecular flexibility index (Phi) is 16.4. The third-order valence-corrected chi connectivity index (χ3v) is 12.2. The van der Waals surface area contributed by atoms with Crippen molar-refractivity contribution in [2.75, 3.05) is 124 Å². The number of anilines is 2. The normalized spacial score (nSPS) is 16.4. The highest BCUT2D eigenvalue weighted by molar-refractivity contribution is 8.76. The fourth-order valence-electron chi connectivity index (χ4n) is 6.40. The first-order valence-corrected chi connectivity index (χ1v) is 21.7. The lowest BCUT2D eigenvalue weighted by Gasteiger charge is -2.35. The van der Waals surface area contributed by atoms with E-state index in [2.05, 4.69) is 193 Å². The Morgan fingerprint density at radius 1 is 0.698 bits per heavy atom. The Bertz CT molecular complexity index is 1660. The summed E-state index contributed by atoms with van der Waals surface area (Å²) in [5.41, 5.74) is 7.63. The Balaban J connectivity index is 1.21. The van der Waals surface area contributed by atoms with Crippen LogP contribution in [0.25, 0.3) is 18.2 Å². The van der Waals surface area contributed by atoms with Gasteiger partial charge in [-0.3, -0.25) is 4.48 Å². The Labute approximate surface area is 331 Å². The SMILES string of the molecule is CN(CCC[N+](C)(C)C)c1ccc(C=CC2=CC=CC[N+]2(C)CCSSCC[n+]2ccccc2C=Cc2ccc(N(C)CCC[N+](C)(C)C)cc2)cc1. The molecule has 3 aromatic rings. The van der Waals surface area contributed by atoms with Gasteiger partial charge in [-0.15, -0.1) is 0 Å². The van der Waals surface area contributed by atoms with Crippen LogP contribution in [0.5, 0.6) is 0 Å². The number of aryl methyl sites for hydroxylation is 1. The van der Waals surface area contributed by atoms with Crippen LogP contribution in [-0.4, -0.2) is 128 Å². The van der Waals surface area contributed by atoms with E-state index in [1.54, 1.807) is 0 Å². The zero-order valence-corrected chi connectivity index (χ0v) is 35.9. The van der Waals surface area contributed by atoms with Gasteiger partial charge in [-0.1, -0.05) is 51.9 Å². The van der Waals surface area contributed by atoms with E-state index in [1.165, 1.54) is 59.8 Å². The summed E-state index contributed by atoms with van der Waals surface area (Å²) in [4.78, 5) is 4.73. The van der Waals surface area contributed by atoms with Gasteiger partial charge < -0.3 is 18.8 Å². The van der Waals surface area contributed by atoms with Crippen LogP contribution in [0.2, 0.25) is 0 Å². The van der Waals surface area contributed by atoms with Crippen molar-refractivity contribution in [3.8, 4) is 0 Å². The topological polar surface area (TPSA) is 10.4 Å². The molecule has 6 nitrogen and oxygen atoms in total. The molecule has 2 aromatic carbocycles. The molecule has 1 aliphatic rings. The van der Waals surface area contributed by atoms with E-state index in [1.807, 2.05) is 21.6 Å². The lowest BCUT2D eigenvalue weighted by Crippen LogP contribution is -2.45. The summed E-state index contributed by atoms with van der Waals surface area (Å²) in [5.74, 6) is 2.19. The monoisotopic (exact) mass is 756 g/mol. The van der Waals surface area contributed by atoms with Gasteiger partial charge in [-0.2, -0.15) is 4.57 Å². The summed E-state index contributed by atoms with van der Waals surface area (Å²) in [6.45, 7) is 7.63. The lowest BCUT2D eigenvalue weighted by atomic mass is 10.1. The Hall–Kier alpha value is -3.27. The molecular weight excluding hydrogens is 689 g/mol. The first-order valence-electron chi connectivity index (χ1n) is 19.3. The summed E-state index contributed by atoms with van der Waals surface area (Å²) in [6.07, 6.45) is 20.5. The Morgan fingerprint density at radius 2 is 1.25 bits per heavy atom. The molecule has 0 aliphatic carbocycles. The van der Waals surface area contributed by atoms with Gasteiger partial charge in [0.05, 0.1) is 80.5 Å². The molecule has 1 unspecified atom stereocenters.